The highest BCUT2D eigenvalue weighted by Crippen LogP contribution is 2.13. The number of carboxylic acids is 1. The molecule has 16 heteroatoms. The van der Waals surface area contributed by atoms with Crippen LogP contribution in [0.2, 0.25) is 0 Å². The summed E-state index contributed by atoms with van der Waals surface area (Å²) in [4.78, 5) is 87.1. The molecule has 0 radical (unpaired) electrons. The van der Waals surface area contributed by atoms with Crippen LogP contribution in [0.15, 0.2) is 73.1 Å². The van der Waals surface area contributed by atoms with E-state index in [1.54, 1.807) is 65.8 Å². The number of ether oxygens (including phenoxy) is 2. The van der Waals surface area contributed by atoms with Gasteiger partial charge in [-0.1, -0.05) is 80.4 Å². The first-order chi connectivity index (χ1) is 27.3. The molecule has 2 aromatic carbocycles. The zero-order valence-corrected chi connectivity index (χ0v) is 34.3. The van der Waals surface area contributed by atoms with Gasteiger partial charge in [0.1, 0.15) is 35.4 Å². The molecular formula is C42H57N7O9. The van der Waals surface area contributed by atoms with Crippen LogP contribution in [0, 0.1) is 0 Å². The lowest BCUT2D eigenvalue weighted by Gasteiger charge is -2.27. The highest BCUT2D eigenvalue weighted by molar-refractivity contribution is 5.95. The highest BCUT2D eigenvalue weighted by Gasteiger charge is 2.32. The number of amides is 5. The maximum absolute atomic E-state index is 14.1. The lowest BCUT2D eigenvalue weighted by atomic mass is 10.0. The van der Waals surface area contributed by atoms with Crippen molar-refractivity contribution in [2.45, 2.75) is 129 Å². The molecule has 0 aliphatic heterocycles. The lowest BCUT2D eigenvalue weighted by molar-refractivity contribution is -0.142. The molecule has 58 heavy (non-hydrogen) atoms. The third kappa shape index (κ3) is 17.4. The molecule has 314 valence electrons. The number of benzene rings is 2. The fourth-order valence-corrected chi connectivity index (χ4v) is 5.58. The molecular weight excluding hydrogens is 747 g/mol. The van der Waals surface area contributed by atoms with Crippen molar-refractivity contribution in [3.8, 4) is 0 Å². The van der Waals surface area contributed by atoms with Gasteiger partial charge in [-0.3, -0.25) is 19.7 Å². The zero-order chi connectivity index (χ0) is 42.9. The number of unbranched alkanes of at least 4 members (excludes halogenated alkanes) is 1. The average molecular weight is 804 g/mol. The van der Waals surface area contributed by atoms with Crippen LogP contribution >= 0.6 is 0 Å². The molecule has 0 unspecified atom stereocenters. The van der Waals surface area contributed by atoms with Gasteiger partial charge in [-0.05, 0) is 77.5 Å². The normalized spacial score (nSPS) is 13.4. The minimum absolute atomic E-state index is 0.0505. The van der Waals surface area contributed by atoms with E-state index in [1.807, 2.05) is 43.3 Å². The number of nitrogens with one attached hydrogen (secondary N) is 5. The number of carboxylic acid groups (broad SMARTS) is 1. The molecule has 3 aromatic rings. The average Bonchev–Trinajstić information content (AvgIpc) is 3.14. The number of carbonyl (C=O) groups excluding carboxylic acids is 5. The van der Waals surface area contributed by atoms with Crippen LogP contribution in [0.25, 0.3) is 0 Å². The van der Waals surface area contributed by atoms with Crippen LogP contribution in [0.4, 0.5) is 15.5 Å². The van der Waals surface area contributed by atoms with Crippen molar-refractivity contribution in [2.75, 3.05) is 5.32 Å². The lowest BCUT2D eigenvalue weighted by Crippen LogP contribution is -2.58. The topological polar surface area (TPSA) is 227 Å². The van der Waals surface area contributed by atoms with Gasteiger partial charge in [0.15, 0.2) is 0 Å². The summed E-state index contributed by atoms with van der Waals surface area (Å²) in [5.41, 5.74) is 0.443. The minimum Gasteiger partial charge on any atom is -0.480 e. The number of anilines is 1. The van der Waals surface area contributed by atoms with E-state index >= 15 is 0 Å². The van der Waals surface area contributed by atoms with Crippen LogP contribution in [0.1, 0.15) is 90.8 Å². The Kier molecular flexibility index (Phi) is 17.6. The third-order valence-corrected chi connectivity index (χ3v) is 8.34. The molecule has 0 saturated heterocycles. The van der Waals surface area contributed by atoms with Gasteiger partial charge < -0.3 is 35.8 Å². The number of nitrogens with zero attached hydrogens (tertiary/aromatic N) is 2. The summed E-state index contributed by atoms with van der Waals surface area (Å²) in [7, 11) is 0. The van der Waals surface area contributed by atoms with Crippen molar-refractivity contribution in [3.05, 3.63) is 89.7 Å². The molecule has 4 atom stereocenters. The molecule has 0 aliphatic rings. The molecule has 0 aliphatic carbocycles. The van der Waals surface area contributed by atoms with Gasteiger partial charge in [0.05, 0.1) is 0 Å². The van der Waals surface area contributed by atoms with E-state index in [1.165, 1.54) is 12.4 Å². The Morgan fingerprint density at radius 2 is 1.07 bits per heavy atom. The van der Waals surface area contributed by atoms with Crippen LogP contribution in [0.3, 0.4) is 0 Å². The SMILES string of the molecule is CCCC[C@@H](NC(=O)[C@@H](Cc1ccccc1)NC(=O)[C@@H](CCc1ccccc1)NC(=O)OC(C)(C)C)C(=O)N[C@H](Cc1cnc(NC(=O)OC(C)(C)C)nc1)C(=O)O. The first-order valence-electron chi connectivity index (χ1n) is 19.3. The predicted molar refractivity (Wildman–Crippen MR) is 217 cm³/mol. The number of aromatic nitrogens is 2. The summed E-state index contributed by atoms with van der Waals surface area (Å²) in [6.45, 7) is 12.1. The molecule has 0 saturated carbocycles. The number of hydrogen-bond acceptors (Lipinski definition) is 10. The first-order valence-corrected chi connectivity index (χ1v) is 19.3. The van der Waals surface area contributed by atoms with Gasteiger partial charge in [0.2, 0.25) is 23.7 Å². The fraction of sp³-hybridized carbons (Fsp3) is 0.476. The second kappa shape index (κ2) is 22.0. The second-order valence-corrected chi connectivity index (χ2v) is 15.8. The smallest absolute Gasteiger partial charge is 0.414 e. The number of aryl methyl sites for hydroxylation is 1. The Hall–Kier alpha value is -6.06. The van der Waals surface area contributed by atoms with E-state index in [-0.39, 0.29) is 31.6 Å². The number of carbonyl (C=O) groups is 6. The number of rotatable bonds is 19. The van der Waals surface area contributed by atoms with E-state index in [4.69, 9.17) is 9.47 Å². The summed E-state index contributed by atoms with van der Waals surface area (Å²) in [6, 6.07) is 13.5. The summed E-state index contributed by atoms with van der Waals surface area (Å²) in [5.74, 6) is -3.45. The minimum atomic E-state index is -1.43. The van der Waals surface area contributed by atoms with Crippen molar-refractivity contribution < 1.29 is 43.3 Å². The van der Waals surface area contributed by atoms with Crippen molar-refractivity contribution in [3.63, 3.8) is 0 Å². The number of alkyl carbamates (subject to hydrolysis) is 1. The van der Waals surface area contributed by atoms with E-state index < -0.39 is 71.2 Å². The molecule has 0 bridgehead atoms. The summed E-state index contributed by atoms with van der Waals surface area (Å²) >= 11 is 0. The maximum atomic E-state index is 14.1. The Balaban J connectivity index is 1.80. The van der Waals surface area contributed by atoms with E-state index in [0.717, 1.165) is 11.1 Å². The van der Waals surface area contributed by atoms with Gasteiger partial charge in [-0.15, -0.1) is 0 Å². The van der Waals surface area contributed by atoms with Crippen molar-refractivity contribution in [1.82, 2.24) is 31.2 Å². The first kappa shape index (κ1) is 46.3. The van der Waals surface area contributed by atoms with Gasteiger partial charge in [-0.2, -0.15) is 0 Å². The molecule has 1 heterocycles. The Morgan fingerprint density at radius 3 is 1.60 bits per heavy atom. The van der Waals surface area contributed by atoms with Gasteiger partial charge in [0.25, 0.3) is 0 Å². The van der Waals surface area contributed by atoms with Crippen LogP contribution in [-0.4, -0.2) is 86.3 Å². The third-order valence-electron chi connectivity index (χ3n) is 8.34. The Bertz CT molecular complexity index is 1810. The second-order valence-electron chi connectivity index (χ2n) is 15.8. The zero-order valence-electron chi connectivity index (χ0n) is 34.3. The molecule has 6 N–H and O–H groups in total. The molecule has 3 rings (SSSR count). The van der Waals surface area contributed by atoms with E-state index in [0.29, 0.717) is 24.8 Å². The summed E-state index contributed by atoms with van der Waals surface area (Å²) in [6.07, 6.45) is 2.93. The number of hydrogen-bond donors (Lipinski definition) is 6. The summed E-state index contributed by atoms with van der Waals surface area (Å²) < 4.78 is 10.6. The quantitative estimate of drug-likeness (QED) is 0.0959. The van der Waals surface area contributed by atoms with Crippen LogP contribution in [0.5, 0.6) is 0 Å². The van der Waals surface area contributed by atoms with Crippen molar-refractivity contribution in [2.24, 2.45) is 0 Å². The standard InChI is InChI=1S/C42H57N7O9/c1-8-9-20-30(34(50)47-33(37(53)54)24-29-25-43-38(44-26-29)49-40(56)58-42(5,6)7)45-36(52)32(23-28-18-14-11-15-19-28)46-35(51)31(48-39(55)57-41(2,3)4)22-21-27-16-12-10-13-17-27/h10-19,25-26,30-33H,8-9,20-24H2,1-7H3,(H,45,52)(H,46,51)(H,47,50)(H,48,55)(H,53,54)(H,43,44,49,56)/t30-,31-,32-,33-/m1/s1. The number of aliphatic carboxylic acids is 1. The van der Waals surface area contributed by atoms with Gasteiger partial charge in [-0.25, -0.2) is 24.4 Å². The van der Waals surface area contributed by atoms with E-state index in [2.05, 4.69) is 36.6 Å². The predicted octanol–water partition coefficient (Wildman–Crippen LogP) is 4.86. The van der Waals surface area contributed by atoms with E-state index in [9.17, 15) is 33.9 Å². The molecule has 5 amide bonds. The van der Waals surface area contributed by atoms with Crippen molar-refractivity contribution in [1.29, 1.82) is 0 Å². The monoisotopic (exact) mass is 803 g/mol. The highest BCUT2D eigenvalue weighted by atomic mass is 16.6. The van der Waals surface area contributed by atoms with Crippen molar-refractivity contribution >= 4 is 41.8 Å². The molecule has 0 spiro atoms. The maximum Gasteiger partial charge on any atom is 0.414 e. The largest absolute Gasteiger partial charge is 0.480 e. The van der Waals surface area contributed by atoms with Gasteiger partial charge >= 0.3 is 18.2 Å². The summed E-state index contributed by atoms with van der Waals surface area (Å²) in [5, 5.41) is 23.2. The Labute approximate surface area is 339 Å². The van der Waals surface area contributed by atoms with Gasteiger partial charge in [0, 0.05) is 25.2 Å². The Morgan fingerprint density at radius 1 is 0.603 bits per heavy atom. The molecule has 0 fully saturated rings. The van der Waals surface area contributed by atoms with Crippen LogP contribution in [-0.2, 0) is 47.9 Å². The fourth-order valence-electron chi connectivity index (χ4n) is 5.58. The molecule has 1 aromatic heterocycles. The molecule has 16 nitrogen and oxygen atoms in total. The van der Waals surface area contributed by atoms with Crippen LogP contribution < -0.4 is 26.6 Å².